The molecule has 0 saturated carbocycles. The molecule has 0 aromatic heterocycles. The molecular formula is C19H21NO6S. The maximum Gasteiger partial charge on any atom is 0.347 e. The summed E-state index contributed by atoms with van der Waals surface area (Å²) in [6.45, 7) is 2.92. The molecule has 0 aliphatic carbocycles. The van der Waals surface area contributed by atoms with E-state index in [0.29, 0.717) is 11.4 Å². The van der Waals surface area contributed by atoms with Crippen molar-refractivity contribution in [2.24, 2.45) is 0 Å². The van der Waals surface area contributed by atoms with Crippen molar-refractivity contribution in [1.29, 1.82) is 0 Å². The molecule has 0 unspecified atom stereocenters. The summed E-state index contributed by atoms with van der Waals surface area (Å²) in [6, 6.07) is 13.0. The first-order valence-corrected chi connectivity index (χ1v) is 10.0. The van der Waals surface area contributed by atoms with Gasteiger partial charge in [-0.2, -0.15) is 0 Å². The van der Waals surface area contributed by atoms with Crippen LogP contribution in [0.4, 0.5) is 5.69 Å². The number of ether oxygens (including phenoxy) is 2. The first kappa shape index (κ1) is 20.4. The lowest BCUT2D eigenvalue weighted by atomic mass is 10.2. The number of rotatable bonds is 7. The quantitative estimate of drug-likeness (QED) is 0.728. The Morgan fingerprint density at radius 3 is 2.48 bits per heavy atom. The fourth-order valence-electron chi connectivity index (χ4n) is 2.20. The van der Waals surface area contributed by atoms with Crippen LogP contribution < -0.4 is 10.1 Å². The Bertz CT molecular complexity index is 939. The van der Waals surface area contributed by atoms with E-state index in [-0.39, 0.29) is 4.90 Å². The Balaban J connectivity index is 1.87. The van der Waals surface area contributed by atoms with E-state index in [4.69, 9.17) is 9.47 Å². The number of hydrogen-bond donors (Lipinski definition) is 1. The van der Waals surface area contributed by atoms with Gasteiger partial charge in [-0.25, -0.2) is 13.2 Å². The third-order valence-corrected chi connectivity index (χ3v) is 4.64. The van der Waals surface area contributed by atoms with Crippen LogP contribution >= 0.6 is 0 Å². The molecule has 2 aromatic carbocycles. The predicted molar refractivity (Wildman–Crippen MR) is 100 cm³/mol. The van der Waals surface area contributed by atoms with Gasteiger partial charge >= 0.3 is 5.97 Å². The number of carbonyl (C=O) groups excluding carboxylic acids is 2. The van der Waals surface area contributed by atoms with E-state index in [0.717, 1.165) is 11.8 Å². The van der Waals surface area contributed by atoms with Gasteiger partial charge in [0.1, 0.15) is 5.75 Å². The minimum atomic E-state index is -3.38. The third-order valence-electron chi connectivity index (χ3n) is 3.53. The van der Waals surface area contributed by atoms with Gasteiger partial charge in [0.2, 0.25) is 0 Å². The molecule has 1 N–H and O–H groups in total. The highest BCUT2D eigenvalue weighted by Crippen LogP contribution is 2.16. The summed E-state index contributed by atoms with van der Waals surface area (Å²) in [4.78, 5) is 24.0. The van der Waals surface area contributed by atoms with Crippen LogP contribution in [0.5, 0.6) is 5.75 Å². The van der Waals surface area contributed by atoms with E-state index in [1.165, 1.54) is 31.2 Å². The van der Waals surface area contributed by atoms with Gasteiger partial charge in [0.05, 0.1) is 4.90 Å². The van der Waals surface area contributed by atoms with Gasteiger partial charge in [-0.05, 0) is 49.7 Å². The van der Waals surface area contributed by atoms with E-state index in [1.54, 1.807) is 18.2 Å². The Morgan fingerprint density at radius 1 is 1.11 bits per heavy atom. The number of carbonyl (C=O) groups is 2. The molecule has 0 heterocycles. The smallest absolute Gasteiger partial charge is 0.347 e. The van der Waals surface area contributed by atoms with Crippen molar-refractivity contribution in [2.75, 3.05) is 18.2 Å². The molecule has 27 heavy (non-hydrogen) atoms. The number of benzene rings is 2. The summed E-state index contributed by atoms with van der Waals surface area (Å²) >= 11 is 0. The van der Waals surface area contributed by atoms with Gasteiger partial charge in [-0.1, -0.05) is 18.2 Å². The highest BCUT2D eigenvalue weighted by Gasteiger charge is 2.18. The molecule has 1 atom stereocenters. The van der Waals surface area contributed by atoms with E-state index < -0.39 is 34.4 Å². The van der Waals surface area contributed by atoms with Crippen molar-refractivity contribution >= 4 is 27.4 Å². The predicted octanol–water partition coefficient (Wildman–Crippen LogP) is 2.35. The van der Waals surface area contributed by atoms with E-state index in [2.05, 4.69) is 5.32 Å². The van der Waals surface area contributed by atoms with Crippen LogP contribution in [0.3, 0.4) is 0 Å². The maximum atomic E-state index is 12.0. The summed E-state index contributed by atoms with van der Waals surface area (Å²) < 4.78 is 33.5. The van der Waals surface area contributed by atoms with Crippen LogP contribution in [0, 0.1) is 6.92 Å². The van der Waals surface area contributed by atoms with Gasteiger partial charge < -0.3 is 14.8 Å². The number of nitrogens with one attached hydrogen (secondary N) is 1. The van der Waals surface area contributed by atoms with Gasteiger partial charge in [-0.3, -0.25) is 4.79 Å². The number of sulfone groups is 1. The zero-order chi connectivity index (χ0) is 20.0. The normalized spacial score (nSPS) is 12.1. The highest BCUT2D eigenvalue weighted by atomic mass is 32.2. The maximum absolute atomic E-state index is 12.0. The Labute approximate surface area is 158 Å². The summed E-state index contributed by atoms with van der Waals surface area (Å²) in [6.07, 6.45) is 0.193. The molecule has 144 valence electrons. The van der Waals surface area contributed by atoms with Gasteiger partial charge in [0.25, 0.3) is 5.91 Å². The van der Waals surface area contributed by atoms with Gasteiger partial charge in [0, 0.05) is 11.9 Å². The molecule has 8 heteroatoms. The Hall–Kier alpha value is -2.87. The first-order valence-electron chi connectivity index (χ1n) is 8.15. The standard InChI is InChI=1S/C19H21NO6S/c1-13-6-4-8-16(10-13)26-14(2)19(22)25-12-18(21)20-15-7-5-9-17(11-15)27(3,23)24/h4-11,14H,12H2,1-3H3,(H,20,21)/t14-/m1/s1. The van der Waals surface area contributed by atoms with Crippen LogP contribution in [0.15, 0.2) is 53.4 Å². The third kappa shape index (κ3) is 6.41. The molecule has 0 saturated heterocycles. The molecule has 0 spiro atoms. The van der Waals surface area contributed by atoms with E-state index in [1.807, 2.05) is 13.0 Å². The number of anilines is 1. The second-order valence-corrected chi connectivity index (χ2v) is 8.05. The molecule has 2 aromatic rings. The number of amides is 1. The van der Waals surface area contributed by atoms with Crippen LogP contribution in [0.2, 0.25) is 0 Å². The lowest BCUT2D eigenvalue weighted by Crippen LogP contribution is -2.29. The minimum absolute atomic E-state index is 0.0810. The molecule has 7 nitrogen and oxygen atoms in total. The molecule has 0 bridgehead atoms. The summed E-state index contributed by atoms with van der Waals surface area (Å²) in [5, 5.41) is 2.48. The van der Waals surface area contributed by atoms with E-state index in [9.17, 15) is 18.0 Å². The van der Waals surface area contributed by atoms with Crippen molar-refractivity contribution < 1.29 is 27.5 Å². The largest absolute Gasteiger partial charge is 0.479 e. The van der Waals surface area contributed by atoms with Crippen LogP contribution in [0.1, 0.15) is 12.5 Å². The zero-order valence-corrected chi connectivity index (χ0v) is 16.1. The van der Waals surface area contributed by atoms with Crippen molar-refractivity contribution in [1.82, 2.24) is 0 Å². The lowest BCUT2D eigenvalue weighted by Gasteiger charge is -2.14. The topological polar surface area (TPSA) is 98.8 Å². The number of hydrogen-bond acceptors (Lipinski definition) is 6. The molecule has 0 aliphatic heterocycles. The SMILES string of the molecule is Cc1cccc(O[C@H](C)C(=O)OCC(=O)Nc2cccc(S(C)(=O)=O)c2)c1. The molecule has 0 fully saturated rings. The highest BCUT2D eigenvalue weighted by molar-refractivity contribution is 7.90. The second kappa shape index (κ2) is 8.68. The lowest BCUT2D eigenvalue weighted by molar-refractivity contribution is -0.153. The van der Waals surface area contributed by atoms with Crippen molar-refractivity contribution in [3.05, 3.63) is 54.1 Å². The van der Waals surface area contributed by atoms with Crippen molar-refractivity contribution in [3.8, 4) is 5.75 Å². The fraction of sp³-hybridized carbons (Fsp3) is 0.263. The Morgan fingerprint density at radius 2 is 1.81 bits per heavy atom. The van der Waals surface area contributed by atoms with Crippen LogP contribution in [0.25, 0.3) is 0 Å². The van der Waals surface area contributed by atoms with Crippen LogP contribution in [-0.2, 0) is 24.2 Å². The van der Waals surface area contributed by atoms with E-state index >= 15 is 0 Å². The molecule has 1 amide bonds. The summed E-state index contributed by atoms with van der Waals surface area (Å²) in [5.74, 6) is -0.741. The minimum Gasteiger partial charge on any atom is -0.479 e. The van der Waals surface area contributed by atoms with Gasteiger partial charge in [0.15, 0.2) is 22.5 Å². The first-order chi connectivity index (χ1) is 12.6. The summed E-state index contributed by atoms with van der Waals surface area (Å²) in [7, 11) is -3.38. The molecule has 0 radical (unpaired) electrons. The zero-order valence-electron chi connectivity index (χ0n) is 15.3. The molecular weight excluding hydrogens is 370 g/mol. The molecule has 0 aliphatic rings. The number of aryl methyl sites for hydroxylation is 1. The van der Waals surface area contributed by atoms with Gasteiger partial charge in [-0.15, -0.1) is 0 Å². The fourth-order valence-corrected chi connectivity index (χ4v) is 2.86. The average Bonchev–Trinajstić information content (AvgIpc) is 2.59. The second-order valence-electron chi connectivity index (χ2n) is 6.03. The monoisotopic (exact) mass is 391 g/mol. The van der Waals surface area contributed by atoms with Crippen LogP contribution in [-0.4, -0.2) is 39.3 Å². The summed E-state index contributed by atoms with van der Waals surface area (Å²) in [5.41, 5.74) is 1.28. The average molecular weight is 391 g/mol. The van der Waals surface area contributed by atoms with Crippen molar-refractivity contribution in [2.45, 2.75) is 24.8 Å². The number of esters is 1. The Kier molecular flexibility index (Phi) is 6.57. The molecule has 2 rings (SSSR count). The van der Waals surface area contributed by atoms with Crippen molar-refractivity contribution in [3.63, 3.8) is 0 Å².